The largest absolute Gasteiger partial charge is 0.508 e. The van der Waals surface area contributed by atoms with Gasteiger partial charge in [-0.05, 0) is 64.5 Å². The minimum atomic E-state index is -0.102. The van der Waals surface area contributed by atoms with Gasteiger partial charge >= 0.3 is 0 Å². The fourth-order valence-electron chi connectivity index (χ4n) is 3.84. The molecule has 1 amide bonds. The predicted molar refractivity (Wildman–Crippen MR) is 132 cm³/mol. The van der Waals surface area contributed by atoms with Gasteiger partial charge in [0.15, 0.2) is 0 Å². The second-order valence-corrected chi connectivity index (χ2v) is 9.92. The SMILES string of the molecule is CCCCCc1cc(O)c(C/C=C(\C)CCC=C(C)C)c(O)c1C(=O)N1CCSCC1. The van der Waals surface area contributed by atoms with Crippen molar-refractivity contribution in [2.45, 2.75) is 72.6 Å². The van der Waals surface area contributed by atoms with Crippen LogP contribution in [0.2, 0.25) is 0 Å². The summed E-state index contributed by atoms with van der Waals surface area (Å²) < 4.78 is 0. The summed E-state index contributed by atoms with van der Waals surface area (Å²) >= 11 is 1.85. The van der Waals surface area contributed by atoms with Crippen molar-refractivity contribution in [1.82, 2.24) is 4.90 Å². The molecule has 0 unspecified atom stereocenters. The predicted octanol–water partition coefficient (Wildman–Crippen LogP) is 6.25. The Morgan fingerprint density at radius 2 is 1.84 bits per heavy atom. The Hall–Kier alpha value is -1.88. The van der Waals surface area contributed by atoms with E-state index in [2.05, 4.69) is 39.8 Å². The van der Waals surface area contributed by atoms with E-state index in [1.54, 1.807) is 6.07 Å². The van der Waals surface area contributed by atoms with Gasteiger partial charge < -0.3 is 15.1 Å². The highest BCUT2D eigenvalue weighted by molar-refractivity contribution is 7.99. The number of nitrogens with zero attached hydrogens (tertiary/aromatic N) is 1. The fraction of sp³-hybridized carbons (Fsp3) is 0.577. The van der Waals surface area contributed by atoms with Crippen LogP contribution in [-0.2, 0) is 12.8 Å². The average Bonchev–Trinajstić information content (AvgIpc) is 2.73. The maximum atomic E-state index is 13.3. The third-order valence-electron chi connectivity index (χ3n) is 5.77. The van der Waals surface area contributed by atoms with Crippen LogP contribution in [-0.4, -0.2) is 45.6 Å². The summed E-state index contributed by atoms with van der Waals surface area (Å²) in [5, 5.41) is 21.8. The van der Waals surface area contributed by atoms with Gasteiger partial charge in [0.05, 0.1) is 5.56 Å². The Morgan fingerprint density at radius 3 is 2.48 bits per heavy atom. The summed E-state index contributed by atoms with van der Waals surface area (Å²) in [5.41, 5.74) is 4.13. The number of hydrogen-bond donors (Lipinski definition) is 2. The number of carbonyl (C=O) groups is 1. The Labute approximate surface area is 192 Å². The van der Waals surface area contributed by atoms with Gasteiger partial charge in [-0.3, -0.25) is 4.79 Å². The van der Waals surface area contributed by atoms with Crippen molar-refractivity contribution >= 4 is 17.7 Å². The number of allylic oxidation sites excluding steroid dienone is 4. The number of hydrogen-bond acceptors (Lipinski definition) is 4. The van der Waals surface area contributed by atoms with E-state index in [1.165, 1.54) is 11.1 Å². The van der Waals surface area contributed by atoms with Crippen molar-refractivity contribution < 1.29 is 15.0 Å². The van der Waals surface area contributed by atoms with Crippen molar-refractivity contribution in [2.24, 2.45) is 0 Å². The third-order valence-corrected chi connectivity index (χ3v) is 6.71. The molecule has 1 fully saturated rings. The highest BCUT2D eigenvalue weighted by Gasteiger charge is 2.27. The maximum absolute atomic E-state index is 13.3. The molecule has 1 saturated heterocycles. The van der Waals surface area contributed by atoms with Gasteiger partial charge in [-0.15, -0.1) is 0 Å². The molecule has 2 N–H and O–H groups in total. The highest BCUT2D eigenvalue weighted by Crippen LogP contribution is 2.36. The highest BCUT2D eigenvalue weighted by atomic mass is 32.2. The molecule has 0 atom stereocenters. The normalized spacial score (nSPS) is 14.6. The van der Waals surface area contributed by atoms with Crippen LogP contribution < -0.4 is 0 Å². The molecule has 2 rings (SSSR count). The van der Waals surface area contributed by atoms with E-state index >= 15 is 0 Å². The molecular weight excluding hydrogens is 406 g/mol. The molecular formula is C26H39NO3S. The number of phenolic OH excluding ortho intramolecular Hbond substituents is 2. The van der Waals surface area contributed by atoms with E-state index in [4.69, 9.17) is 0 Å². The van der Waals surface area contributed by atoms with Crippen LogP contribution in [0.3, 0.4) is 0 Å². The molecule has 0 radical (unpaired) electrons. The van der Waals surface area contributed by atoms with E-state index < -0.39 is 0 Å². The minimum Gasteiger partial charge on any atom is -0.508 e. The number of carbonyl (C=O) groups excluding carboxylic acids is 1. The Kier molecular flexibility index (Phi) is 10.5. The number of phenols is 2. The molecule has 1 aromatic rings. The quantitative estimate of drug-likeness (QED) is 0.330. The second-order valence-electron chi connectivity index (χ2n) is 8.69. The van der Waals surface area contributed by atoms with E-state index in [0.29, 0.717) is 37.1 Å². The average molecular weight is 446 g/mol. The summed E-state index contributed by atoms with van der Waals surface area (Å²) in [6.45, 7) is 9.81. The van der Waals surface area contributed by atoms with E-state index in [-0.39, 0.29) is 17.4 Å². The molecule has 0 bridgehead atoms. The lowest BCUT2D eigenvalue weighted by Gasteiger charge is -2.28. The number of aromatic hydroxyl groups is 2. The summed E-state index contributed by atoms with van der Waals surface area (Å²) in [4.78, 5) is 15.2. The summed E-state index contributed by atoms with van der Waals surface area (Å²) in [7, 11) is 0. The Balaban J connectivity index is 2.31. The van der Waals surface area contributed by atoms with Gasteiger partial charge in [-0.25, -0.2) is 0 Å². The molecule has 0 spiro atoms. The van der Waals surface area contributed by atoms with Gasteiger partial charge in [-0.2, -0.15) is 11.8 Å². The van der Waals surface area contributed by atoms with Crippen LogP contribution in [0.15, 0.2) is 29.4 Å². The Bertz CT molecular complexity index is 803. The van der Waals surface area contributed by atoms with Crippen LogP contribution in [0.1, 0.15) is 81.3 Å². The van der Waals surface area contributed by atoms with Crippen LogP contribution in [0, 0.1) is 0 Å². The lowest BCUT2D eigenvalue weighted by molar-refractivity contribution is 0.0768. The molecule has 1 aliphatic rings. The molecule has 5 heteroatoms. The van der Waals surface area contributed by atoms with Crippen LogP contribution >= 0.6 is 11.8 Å². The number of rotatable bonds is 10. The number of amides is 1. The zero-order chi connectivity index (χ0) is 22.8. The number of aryl methyl sites for hydroxylation is 1. The van der Waals surface area contributed by atoms with Crippen molar-refractivity contribution in [2.75, 3.05) is 24.6 Å². The van der Waals surface area contributed by atoms with Crippen molar-refractivity contribution in [1.29, 1.82) is 0 Å². The smallest absolute Gasteiger partial charge is 0.257 e. The molecule has 4 nitrogen and oxygen atoms in total. The standard InChI is InChI=1S/C26H39NO3S/c1-5-6-7-11-21-18-23(28)22(13-12-20(4)10-8-9-19(2)3)25(29)24(21)26(30)27-14-16-31-17-15-27/h9,12,18,28-29H,5-8,10-11,13-17H2,1-4H3/b20-12+. The summed E-state index contributed by atoms with van der Waals surface area (Å²) in [5.74, 6) is 1.80. The lowest BCUT2D eigenvalue weighted by atomic mass is 9.94. The van der Waals surface area contributed by atoms with Gasteiger partial charge in [-0.1, -0.05) is 43.1 Å². The topological polar surface area (TPSA) is 60.8 Å². The first-order valence-corrected chi connectivity index (χ1v) is 12.7. The van der Waals surface area contributed by atoms with Crippen molar-refractivity contribution in [3.8, 4) is 11.5 Å². The molecule has 31 heavy (non-hydrogen) atoms. The second kappa shape index (κ2) is 12.8. The molecule has 1 aromatic carbocycles. The number of thioether (sulfide) groups is 1. The molecule has 0 saturated carbocycles. The van der Waals surface area contributed by atoms with E-state index in [0.717, 1.165) is 49.2 Å². The lowest BCUT2D eigenvalue weighted by Crippen LogP contribution is -2.38. The summed E-state index contributed by atoms with van der Waals surface area (Å²) in [6, 6.07) is 1.71. The molecule has 0 aliphatic carbocycles. The first kappa shape index (κ1) is 25.4. The zero-order valence-corrected chi connectivity index (χ0v) is 20.5. The first-order valence-electron chi connectivity index (χ1n) is 11.6. The van der Waals surface area contributed by atoms with Crippen LogP contribution in [0.25, 0.3) is 0 Å². The van der Waals surface area contributed by atoms with E-state index in [9.17, 15) is 15.0 Å². The molecule has 1 heterocycles. The van der Waals surface area contributed by atoms with E-state index in [1.807, 2.05) is 16.7 Å². The van der Waals surface area contributed by atoms with Gasteiger partial charge in [0, 0.05) is 30.2 Å². The zero-order valence-electron chi connectivity index (χ0n) is 19.7. The van der Waals surface area contributed by atoms with Gasteiger partial charge in [0.1, 0.15) is 11.5 Å². The first-order chi connectivity index (χ1) is 14.8. The molecule has 0 aromatic heterocycles. The summed E-state index contributed by atoms with van der Waals surface area (Å²) in [6.07, 6.45) is 10.4. The third kappa shape index (κ3) is 7.64. The fourth-order valence-corrected chi connectivity index (χ4v) is 4.75. The van der Waals surface area contributed by atoms with Crippen molar-refractivity contribution in [3.63, 3.8) is 0 Å². The monoisotopic (exact) mass is 445 g/mol. The maximum Gasteiger partial charge on any atom is 0.257 e. The molecule has 172 valence electrons. The van der Waals surface area contributed by atoms with Gasteiger partial charge in [0.2, 0.25) is 0 Å². The minimum absolute atomic E-state index is 0.0388. The number of unbranched alkanes of at least 4 members (excludes halogenated alkanes) is 2. The number of benzene rings is 1. The van der Waals surface area contributed by atoms with Crippen LogP contribution in [0.5, 0.6) is 11.5 Å². The van der Waals surface area contributed by atoms with Crippen molar-refractivity contribution in [3.05, 3.63) is 46.1 Å². The Morgan fingerprint density at radius 1 is 1.13 bits per heavy atom. The van der Waals surface area contributed by atoms with Gasteiger partial charge in [0.25, 0.3) is 5.91 Å². The molecule has 1 aliphatic heterocycles. The van der Waals surface area contributed by atoms with Crippen LogP contribution in [0.4, 0.5) is 0 Å².